The van der Waals surface area contributed by atoms with Crippen molar-refractivity contribution in [1.82, 2.24) is 10.5 Å². The van der Waals surface area contributed by atoms with Crippen LogP contribution in [0.1, 0.15) is 22.3 Å². The van der Waals surface area contributed by atoms with Crippen LogP contribution in [0.4, 0.5) is 37.7 Å². The lowest BCUT2D eigenvalue weighted by Crippen LogP contribution is -2.26. The average Bonchev–Trinajstić information content (AvgIpc) is 2.75. The molecule has 1 heterocycles. The number of anilines is 2. The quantitative estimate of drug-likeness (QED) is 0.140. The van der Waals surface area contributed by atoms with E-state index in [9.17, 15) is 31.1 Å². The summed E-state index contributed by atoms with van der Waals surface area (Å²) in [6.07, 6.45) is -0.467. The van der Waals surface area contributed by atoms with Crippen molar-refractivity contribution in [2.45, 2.75) is 6.36 Å². The van der Waals surface area contributed by atoms with Gasteiger partial charge in [-0.3, -0.25) is 9.78 Å². The standard InChI is InChI=1S/C19H10F6IN3O2/c20-11-5-8(26)1-2-13(11)28-14-7-27-4-3-9(14)19(30)29-31-18(25)10-6-12(21)16(23)17(24)15(10)22/h1-7,18,28H,(H,29,30). The molecular weight excluding hydrogens is 543 g/mol. The Kier molecular flexibility index (Phi) is 7.00. The second-order valence-corrected chi connectivity index (χ2v) is 7.17. The molecule has 0 saturated heterocycles. The maximum atomic E-state index is 14.1. The van der Waals surface area contributed by atoms with Crippen molar-refractivity contribution in [1.29, 1.82) is 0 Å². The zero-order valence-electron chi connectivity index (χ0n) is 15.0. The number of hydrogen-bond acceptors (Lipinski definition) is 4. The highest BCUT2D eigenvalue weighted by atomic mass is 127. The molecule has 1 atom stereocenters. The highest BCUT2D eigenvalue weighted by molar-refractivity contribution is 14.1. The van der Waals surface area contributed by atoms with Crippen LogP contribution in [0.15, 0.2) is 42.7 Å². The van der Waals surface area contributed by atoms with Crippen LogP contribution in [0.2, 0.25) is 0 Å². The normalized spacial score (nSPS) is 11.8. The van der Waals surface area contributed by atoms with Crippen LogP contribution in [0.25, 0.3) is 0 Å². The summed E-state index contributed by atoms with van der Waals surface area (Å²) in [6, 6.07) is 5.51. The zero-order chi connectivity index (χ0) is 22.7. The van der Waals surface area contributed by atoms with E-state index < -0.39 is 46.9 Å². The van der Waals surface area contributed by atoms with Crippen molar-refractivity contribution in [3.63, 3.8) is 0 Å². The van der Waals surface area contributed by atoms with Crippen LogP contribution < -0.4 is 10.8 Å². The minimum Gasteiger partial charge on any atom is -0.351 e. The molecular formula is C19H10F6IN3O2. The van der Waals surface area contributed by atoms with Crippen molar-refractivity contribution in [3.05, 3.63) is 86.5 Å². The first-order chi connectivity index (χ1) is 14.7. The number of alkyl halides is 1. The molecule has 0 radical (unpaired) electrons. The minimum absolute atomic E-state index is 0.0177. The molecule has 3 rings (SSSR count). The number of rotatable bonds is 6. The highest BCUT2D eigenvalue weighted by Crippen LogP contribution is 2.27. The molecule has 0 aliphatic rings. The summed E-state index contributed by atoms with van der Waals surface area (Å²) >= 11 is 1.91. The molecule has 162 valence electrons. The molecule has 12 heteroatoms. The molecule has 2 aromatic carbocycles. The first-order valence-electron chi connectivity index (χ1n) is 8.28. The second-order valence-electron chi connectivity index (χ2n) is 5.93. The van der Waals surface area contributed by atoms with Gasteiger partial charge in [0, 0.05) is 9.77 Å². The van der Waals surface area contributed by atoms with E-state index in [2.05, 4.69) is 15.1 Å². The van der Waals surface area contributed by atoms with Gasteiger partial charge in [0.05, 0.1) is 28.7 Å². The van der Waals surface area contributed by atoms with E-state index in [1.54, 1.807) is 11.5 Å². The third kappa shape index (κ3) is 5.07. The Morgan fingerprint density at radius 1 is 0.968 bits per heavy atom. The Bertz CT molecular complexity index is 1150. The monoisotopic (exact) mass is 553 g/mol. The molecule has 0 bridgehead atoms. The molecule has 2 N–H and O–H groups in total. The summed E-state index contributed by atoms with van der Waals surface area (Å²) in [4.78, 5) is 20.5. The van der Waals surface area contributed by atoms with Gasteiger partial charge in [-0.1, -0.05) is 0 Å². The number of hydrogen-bond donors (Lipinski definition) is 2. The van der Waals surface area contributed by atoms with Gasteiger partial charge in [-0.2, -0.15) is 0 Å². The molecule has 0 saturated carbocycles. The Hall–Kier alpha value is -2.87. The fourth-order valence-electron chi connectivity index (χ4n) is 2.41. The van der Waals surface area contributed by atoms with E-state index in [-0.39, 0.29) is 23.0 Å². The molecule has 5 nitrogen and oxygen atoms in total. The van der Waals surface area contributed by atoms with Crippen molar-refractivity contribution in [2.75, 3.05) is 5.32 Å². The number of pyridine rings is 1. The molecule has 1 unspecified atom stereocenters. The molecule has 1 aromatic heterocycles. The minimum atomic E-state index is -2.86. The number of benzene rings is 2. The van der Waals surface area contributed by atoms with Crippen molar-refractivity contribution in [3.8, 4) is 0 Å². The summed E-state index contributed by atoms with van der Waals surface area (Å²) in [6.45, 7) is 0. The third-order valence-electron chi connectivity index (χ3n) is 3.90. The SMILES string of the molecule is O=C(NOC(F)c1cc(F)c(F)c(F)c1F)c1ccncc1Nc1ccc(I)cc1F. The number of carbonyl (C=O) groups is 1. The van der Waals surface area contributed by atoms with Crippen molar-refractivity contribution < 1.29 is 36.0 Å². The molecule has 0 fully saturated rings. The van der Waals surface area contributed by atoms with Crippen LogP contribution in [0.3, 0.4) is 0 Å². The lowest BCUT2D eigenvalue weighted by atomic mass is 10.2. The number of nitrogens with one attached hydrogen (secondary N) is 2. The van der Waals surface area contributed by atoms with Crippen LogP contribution in [0.5, 0.6) is 0 Å². The van der Waals surface area contributed by atoms with Crippen LogP contribution in [-0.2, 0) is 4.84 Å². The average molecular weight is 553 g/mol. The molecule has 0 aliphatic carbocycles. The topological polar surface area (TPSA) is 63.2 Å². The molecule has 31 heavy (non-hydrogen) atoms. The Balaban J connectivity index is 1.76. The Morgan fingerprint density at radius 3 is 2.42 bits per heavy atom. The van der Waals surface area contributed by atoms with Gasteiger partial charge in [-0.25, -0.2) is 36.7 Å². The lowest BCUT2D eigenvalue weighted by molar-refractivity contribution is -0.0890. The fourth-order valence-corrected chi connectivity index (χ4v) is 2.86. The number of carbonyl (C=O) groups excluding carboxylic acids is 1. The van der Waals surface area contributed by atoms with E-state index >= 15 is 0 Å². The zero-order valence-corrected chi connectivity index (χ0v) is 17.2. The maximum absolute atomic E-state index is 14.1. The molecule has 0 aliphatic heterocycles. The summed E-state index contributed by atoms with van der Waals surface area (Å²) in [5.41, 5.74) is 0.214. The Morgan fingerprint density at radius 2 is 1.71 bits per heavy atom. The van der Waals surface area contributed by atoms with E-state index in [4.69, 9.17) is 0 Å². The number of aromatic nitrogens is 1. The fraction of sp³-hybridized carbons (Fsp3) is 0.0526. The highest BCUT2D eigenvalue weighted by Gasteiger charge is 2.26. The number of hydroxylamine groups is 1. The van der Waals surface area contributed by atoms with Gasteiger partial charge in [-0.15, -0.1) is 0 Å². The van der Waals surface area contributed by atoms with Crippen LogP contribution in [-0.4, -0.2) is 10.9 Å². The van der Waals surface area contributed by atoms with E-state index in [0.717, 1.165) is 0 Å². The van der Waals surface area contributed by atoms with E-state index in [1.165, 1.54) is 30.6 Å². The van der Waals surface area contributed by atoms with Gasteiger partial charge in [-0.05, 0) is 52.9 Å². The largest absolute Gasteiger partial charge is 0.351 e. The summed E-state index contributed by atoms with van der Waals surface area (Å²) in [5, 5.41) is 2.65. The first-order valence-corrected chi connectivity index (χ1v) is 9.36. The van der Waals surface area contributed by atoms with Gasteiger partial charge in [0.2, 0.25) is 0 Å². The van der Waals surface area contributed by atoms with Gasteiger partial charge in [0.25, 0.3) is 12.3 Å². The lowest BCUT2D eigenvalue weighted by Gasteiger charge is -2.14. The predicted octanol–water partition coefficient (Wildman–Crippen LogP) is 5.46. The molecule has 1 amide bonds. The Labute approximate surface area is 184 Å². The second kappa shape index (κ2) is 9.51. The predicted molar refractivity (Wildman–Crippen MR) is 105 cm³/mol. The maximum Gasteiger partial charge on any atom is 0.277 e. The molecule has 3 aromatic rings. The number of halogens is 7. The van der Waals surface area contributed by atoms with E-state index in [1.807, 2.05) is 22.6 Å². The van der Waals surface area contributed by atoms with Crippen LogP contribution >= 0.6 is 22.6 Å². The van der Waals surface area contributed by atoms with Crippen molar-refractivity contribution in [2.24, 2.45) is 0 Å². The van der Waals surface area contributed by atoms with Gasteiger partial charge >= 0.3 is 0 Å². The molecule has 0 spiro atoms. The summed E-state index contributed by atoms with van der Waals surface area (Å²) in [5.74, 6) is -9.88. The van der Waals surface area contributed by atoms with Gasteiger partial charge in [0.15, 0.2) is 23.3 Å². The first kappa shape index (κ1) is 22.8. The smallest absolute Gasteiger partial charge is 0.277 e. The van der Waals surface area contributed by atoms with Gasteiger partial charge < -0.3 is 5.32 Å². The van der Waals surface area contributed by atoms with Crippen molar-refractivity contribution >= 4 is 39.9 Å². The van der Waals surface area contributed by atoms with E-state index in [0.29, 0.717) is 3.57 Å². The summed E-state index contributed by atoms with van der Waals surface area (Å²) in [7, 11) is 0. The third-order valence-corrected chi connectivity index (χ3v) is 4.57. The van der Waals surface area contributed by atoms with Gasteiger partial charge in [0.1, 0.15) is 5.82 Å². The number of nitrogens with zero attached hydrogens (tertiary/aromatic N) is 1. The summed E-state index contributed by atoms with van der Waals surface area (Å²) < 4.78 is 81.9. The number of amides is 1. The van der Waals surface area contributed by atoms with Crippen LogP contribution in [0, 0.1) is 32.7 Å².